The molecule has 74 valence electrons. The van der Waals surface area contributed by atoms with Crippen LogP contribution in [0.25, 0.3) is 0 Å². The van der Waals surface area contributed by atoms with Crippen LogP contribution in [-0.4, -0.2) is 10.6 Å². The van der Waals surface area contributed by atoms with Crippen LogP contribution in [0, 0.1) is 19.8 Å². The molecule has 2 N–H and O–H groups in total. The second-order valence-corrected chi connectivity index (χ2v) is 4.13. The molecule has 13 heavy (non-hydrogen) atoms. The van der Waals surface area contributed by atoms with E-state index in [0.29, 0.717) is 5.92 Å². The van der Waals surface area contributed by atoms with Gasteiger partial charge >= 0.3 is 0 Å². The molecule has 0 amide bonds. The van der Waals surface area contributed by atoms with Gasteiger partial charge in [-0.3, -0.25) is 0 Å². The Morgan fingerprint density at radius 3 is 2.08 bits per heavy atom. The molecule has 0 spiro atoms. The number of hydrogen-bond donors (Lipinski definition) is 1. The molecule has 2 heteroatoms. The highest BCUT2D eigenvalue weighted by Gasteiger charge is 2.10. The van der Waals surface area contributed by atoms with E-state index in [-0.39, 0.29) is 6.04 Å². The third kappa shape index (κ3) is 2.34. The van der Waals surface area contributed by atoms with E-state index in [1.54, 1.807) is 0 Å². The summed E-state index contributed by atoms with van der Waals surface area (Å²) in [5, 5.41) is 0. The van der Waals surface area contributed by atoms with E-state index >= 15 is 0 Å². The summed E-state index contributed by atoms with van der Waals surface area (Å²) in [6.07, 6.45) is 0. The van der Waals surface area contributed by atoms with Gasteiger partial charge in [-0.1, -0.05) is 13.8 Å². The molecule has 1 aromatic heterocycles. The molecule has 0 aliphatic heterocycles. The van der Waals surface area contributed by atoms with Crippen molar-refractivity contribution in [2.24, 2.45) is 11.7 Å². The van der Waals surface area contributed by atoms with E-state index in [1.165, 1.54) is 11.4 Å². The maximum Gasteiger partial charge on any atom is 0.0378 e. The number of hydrogen-bond acceptors (Lipinski definition) is 1. The zero-order valence-corrected chi connectivity index (χ0v) is 9.04. The summed E-state index contributed by atoms with van der Waals surface area (Å²) in [6, 6.07) is 4.54. The lowest BCUT2D eigenvalue weighted by molar-refractivity contribution is 0.427. The first-order valence-corrected chi connectivity index (χ1v) is 4.90. The Hall–Kier alpha value is -0.760. The van der Waals surface area contributed by atoms with E-state index in [0.717, 1.165) is 6.54 Å². The van der Waals surface area contributed by atoms with E-state index < -0.39 is 0 Å². The quantitative estimate of drug-likeness (QED) is 0.758. The number of aryl methyl sites for hydroxylation is 2. The Morgan fingerprint density at radius 1 is 1.23 bits per heavy atom. The van der Waals surface area contributed by atoms with Crippen molar-refractivity contribution in [3.8, 4) is 0 Å². The monoisotopic (exact) mass is 180 g/mol. The van der Waals surface area contributed by atoms with E-state index in [9.17, 15) is 0 Å². The largest absolute Gasteiger partial charge is 0.348 e. The Labute approximate surface area is 80.7 Å². The molecule has 0 aromatic carbocycles. The molecule has 1 heterocycles. The minimum atomic E-state index is 0.254. The smallest absolute Gasteiger partial charge is 0.0378 e. The normalized spacial score (nSPS) is 13.7. The maximum atomic E-state index is 6.02. The number of rotatable bonds is 3. The summed E-state index contributed by atoms with van der Waals surface area (Å²) in [4.78, 5) is 0. The van der Waals surface area contributed by atoms with E-state index in [4.69, 9.17) is 5.73 Å². The molecule has 0 aliphatic carbocycles. The van der Waals surface area contributed by atoms with Crippen LogP contribution >= 0.6 is 0 Å². The summed E-state index contributed by atoms with van der Waals surface area (Å²) in [5.41, 5.74) is 8.62. The molecule has 1 atom stereocenters. The van der Waals surface area contributed by atoms with Crippen LogP contribution in [0.1, 0.15) is 25.2 Å². The number of aromatic nitrogens is 1. The van der Waals surface area contributed by atoms with Gasteiger partial charge in [0.2, 0.25) is 0 Å². The second kappa shape index (κ2) is 3.97. The van der Waals surface area contributed by atoms with Crippen LogP contribution in [0.3, 0.4) is 0 Å². The number of nitrogens with zero attached hydrogens (tertiary/aromatic N) is 1. The molecular weight excluding hydrogens is 160 g/mol. The third-order valence-corrected chi connectivity index (χ3v) is 2.67. The predicted octanol–water partition coefficient (Wildman–Crippen LogP) is 2.09. The van der Waals surface area contributed by atoms with Crippen LogP contribution in [0.2, 0.25) is 0 Å². The summed E-state index contributed by atoms with van der Waals surface area (Å²) < 4.78 is 2.28. The van der Waals surface area contributed by atoms with Crippen molar-refractivity contribution in [3.63, 3.8) is 0 Å². The summed E-state index contributed by atoms with van der Waals surface area (Å²) >= 11 is 0. The van der Waals surface area contributed by atoms with Gasteiger partial charge in [-0.15, -0.1) is 0 Å². The summed E-state index contributed by atoms with van der Waals surface area (Å²) in [6.45, 7) is 9.51. The molecule has 0 bridgehead atoms. The molecule has 0 aliphatic rings. The van der Waals surface area contributed by atoms with Gasteiger partial charge in [0.1, 0.15) is 0 Å². The van der Waals surface area contributed by atoms with E-state index in [1.807, 2.05) is 0 Å². The molecule has 0 fully saturated rings. The standard InChI is InChI=1S/C11H20N2/c1-8(2)11(12)7-13-9(3)5-6-10(13)4/h5-6,8,11H,7,12H2,1-4H3. The Balaban J connectivity index is 2.73. The Morgan fingerprint density at radius 2 is 1.69 bits per heavy atom. The lowest BCUT2D eigenvalue weighted by atomic mass is 10.1. The van der Waals surface area contributed by atoms with Crippen molar-refractivity contribution in [1.82, 2.24) is 4.57 Å². The van der Waals surface area contributed by atoms with Gasteiger partial charge in [-0.25, -0.2) is 0 Å². The SMILES string of the molecule is Cc1ccc(C)n1CC(N)C(C)C. The number of nitrogens with two attached hydrogens (primary N) is 1. The maximum absolute atomic E-state index is 6.02. The molecule has 1 unspecified atom stereocenters. The van der Waals surface area contributed by atoms with Crippen molar-refractivity contribution < 1.29 is 0 Å². The van der Waals surface area contributed by atoms with Gasteiger partial charge in [0.15, 0.2) is 0 Å². The lowest BCUT2D eigenvalue weighted by Gasteiger charge is -2.18. The zero-order valence-electron chi connectivity index (χ0n) is 9.04. The minimum absolute atomic E-state index is 0.254. The summed E-state index contributed by atoms with van der Waals surface area (Å²) in [5.74, 6) is 0.543. The average molecular weight is 180 g/mol. The fraction of sp³-hybridized carbons (Fsp3) is 0.636. The van der Waals surface area contributed by atoms with Gasteiger partial charge in [0.05, 0.1) is 0 Å². The van der Waals surface area contributed by atoms with E-state index in [2.05, 4.69) is 44.4 Å². The Bertz CT molecular complexity index is 254. The van der Waals surface area contributed by atoms with Gasteiger partial charge < -0.3 is 10.3 Å². The molecule has 1 aromatic rings. The van der Waals surface area contributed by atoms with Crippen LogP contribution in [0.5, 0.6) is 0 Å². The highest BCUT2D eigenvalue weighted by Crippen LogP contribution is 2.10. The van der Waals surface area contributed by atoms with Crippen molar-refractivity contribution >= 4 is 0 Å². The van der Waals surface area contributed by atoms with Gasteiger partial charge in [0, 0.05) is 24.0 Å². The molecular formula is C11H20N2. The molecule has 0 radical (unpaired) electrons. The predicted molar refractivity (Wildman–Crippen MR) is 56.7 cm³/mol. The zero-order chi connectivity index (χ0) is 10.0. The first kappa shape index (κ1) is 10.3. The molecule has 1 rings (SSSR count). The molecule has 0 saturated heterocycles. The van der Waals surface area contributed by atoms with Gasteiger partial charge in [-0.2, -0.15) is 0 Å². The van der Waals surface area contributed by atoms with Gasteiger partial charge in [-0.05, 0) is 31.9 Å². The summed E-state index contributed by atoms with van der Waals surface area (Å²) in [7, 11) is 0. The van der Waals surface area contributed by atoms with Crippen LogP contribution in [0.4, 0.5) is 0 Å². The lowest BCUT2D eigenvalue weighted by Crippen LogP contribution is -2.32. The van der Waals surface area contributed by atoms with Gasteiger partial charge in [0.25, 0.3) is 0 Å². The molecule has 2 nitrogen and oxygen atoms in total. The molecule has 0 saturated carbocycles. The third-order valence-electron chi connectivity index (χ3n) is 2.67. The topological polar surface area (TPSA) is 30.9 Å². The van der Waals surface area contributed by atoms with Crippen molar-refractivity contribution in [2.75, 3.05) is 0 Å². The first-order chi connectivity index (χ1) is 6.02. The second-order valence-electron chi connectivity index (χ2n) is 4.13. The average Bonchev–Trinajstić information content (AvgIpc) is 2.35. The highest BCUT2D eigenvalue weighted by atomic mass is 15.0. The van der Waals surface area contributed by atoms with Crippen LogP contribution in [-0.2, 0) is 6.54 Å². The van der Waals surface area contributed by atoms with Crippen molar-refractivity contribution in [1.29, 1.82) is 0 Å². The Kier molecular flexibility index (Phi) is 3.15. The highest BCUT2D eigenvalue weighted by molar-refractivity contribution is 5.13. The van der Waals surface area contributed by atoms with Crippen LogP contribution < -0.4 is 5.73 Å². The van der Waals surface area contributed by atoms with Crippen LogP contribution in [0.15, 0.2) is 12.1 Å². The minimum Gasteiger partial charge on any atom is -0.348 e. The fourth-order valence-electron chi connectivity index (χ4n) is 1.41. The van der Waals surface area contributed by atoms with Crippen molar-refractivity contribution in [2.45, 2.75) is 40.3 Å². The van der Waals surface area contributed by atoms with Crippen molar-refractivity contribution in [3.05, 3.63) is 23.5 Å². The fourth-order valence-corrected chi connectivity index (χ4v) is 1.41. The first-order valence-electron chi connectivity index (χ1n) is 4.90.